The lowest BCUT2D eigenvalue weighted by molar-refractivity contribution is -0.185. The Labute approximate surface area is 133 Å². The van der Waals surface area contributed by atoms with Crippen molar-refractivity contribution in [2.24, 2.45) is 0 Å². The van der Waals surface area contributed by atoms with Gasteiger partial charge in [0.25, 0.3) is 0 Å². The molecule has 2 aromatic rings. The Morgan fingerprint density at radius 3 is 2.52 bits per heavy atom. The molecule has 4 N–H and O–H groups in total. The molecule has 0 aliphatic carbocycles. The minimum Gasteiger partial charge on any atom is -0.394 e. The Morgan fingerprint density at radius 2 is 1.96 bits per heavy atom. The minimum atomic E-state index is -1.70. The summed E-state index contributed by atoms with van der Waals surface area (Å²) in [5, 5.41) is 34.1. The monoisotopic (exact) mass is 323 g/mol. The molecule has 0 radical (unpaired) electrons. The molecule has 1 saturated heterocycles. The maximum atomic E-state index is 11.0. The Balaban J connectivity index is 2.22. The molecule has 9 heteroatoms. The van der Waals surface area contributed by atoms with Gasteiger partial charge in [-0.3, -0.25) is 4.57 Å². The van der Waals surface area contributed by atoms with Crippen molar-refractivity contribution in [2.75, 3.05) is 19.0 Å². The van der Waals surface area contributed by atoms with E-state index in [0.29, 0.717) is 17.0 Å². The molecule has 126 valence electrons. The lowest BCUT2D eigenvalue weighted by atomic mass is 9.78. The summed E-state index contributed by atoms with van der Waals surface area (Å²) in [6.45, 7) is 4.10. The number of hydrogen-bond acceptors (Lipinski definition) is 8. The summed E-state index contributed by atoms with van der Waals surface area (Å²) in [4.78, 5) is 12.6. The zero-order valence-corrected chi connectivity index (χ0v) is 13.5. The van der Waals surface area contributed by atoms with Crippen LogP contribution in [-0.4, -0.2) is 65.8 Å². The Bertz CT molecular complexity index is 744. The third-order valence-corrected chi connectivity index (χ3v) is 5.08. The lowest BCUT2D eigenvalue weighted by Gasteiger charge is -2.41. The van der Waals surface area contributed by atoms with E-state index in [4.69, 9.17) is 4.74 Å². The van der Waals surface area contributed by atoms with Crippen LogP contribution in [0.3, 0.4) is 0 Å². The van der Waals surface area contributed by atoms with Gasteiger partial charge in [-0.05, 0) is 20.8 Å². The highest BCUT2D eigenvalue weighted by atomic mass is 16.6. The van der Waals surface area contributed by atoms with Gasteiger partial charge in [-0.2, -0.15) is 0 Å². The number of aliphatic hydroxyl groups excluding tert-OH is 1. The molecule has 0 aromatic carbocycles. The number of aliphatic hydroxyl groups is 3. The zero-order chi connectivity index (χ0) is 17.0. The Morgan fingerprint density at radius 1 is 1.26 bits per heavy atom. The number of nitrogens with one attached hydrogen (secondary N) is 1. The van der Waals surface area contributed by atoms with Crippen molar-refractivity contribution in [3.8, 4) is 0 Å². The van der Waals surface area contributed by atoms with Crippen molar-refractivity contribution in [3.63, 3.8) is 0 Å². The van der Waals surface area contributed by atoms with Gasteiger partial charge in [0, 0.05) is 7.05 Å². The third-order valence-electron chi connectivity index (χ3n) is 5.08. The number of ether oxygens (including phenoxy) is 1. The fraction of sp³-hybridized carbons (Fsp3) is 0.643. The first-order valence-corrected chi connectivity index (χ1v) is 7.30. The van der Waals surface area contributed by atoms with Crippen molar-refractivity contribution >= 4 is 17.0 Å². The van der Waals surface area contributed by atoms with Crippen molar-refractivity contribution in [2.45, 2.75) is 43.8 Å². The standard InChI is InChI=1S/C14H21N5O4/c1-12(21)8(5-20)23-14(3,13(12,2)22)19-7-18-9-10(15-4)16-6-17-11(9)19/h6-8,20-22H,5H2,1-4H3,(H,15,16,17)/t8-,12-,13-,14-/m1/s1. The molecule has 0 saturated carbocycles. The van der Waals surface area contributed by atoms with Crippen molar-refractivity contribution in [1.82, 2.24) is 19.5 Å². The normalized spacial score (nSPS) is 37.4. The SMILES string of the molecule is CNc1ncnc2c1ncn2[C@]1(C)O[C@H](CO)[C@@](C)(O)[C@@]1(C)O. The van der Waals surface area contributed by atoms with Crippen LogP contribution in [0.15, 0.2) is 12.7 Å². The van der Waals surface area contributed by atoms with Crippen LogP contribution >= 0.6 is 0 Å². The van der Waals surface area contributed by atoms with Crippen molar-refractivity contribution in [1.29, 1.82) is 0 Å². The molecule has 0 bridgehead atoms. The van der Waals surface area contributed by atoms with Crippen LogP contribution in [0.4, 0.5) is 5.82 Å². The first-order chi connectivity index (χ1) is 10.7. The highest BCUT2D eigenvalue weighted by Gasteiger charge is 2.67. The largest absolute Gasteiger partial charge is 0.394 e. The Kier molecular flexibility index (Phi) is 3.38. The van der Waals surface area contributed by atoms with Crippen LogP contribution in [0, 0.1) is 0 Å². The molecule has 1 fully saturated rings. The molecule has 4 atom stereocenters. The van der Waals surface area contributed by atoms with Gasteiger partial charge < -0.3 is 25.4 Å². The van der Waals surface area contributed by atoms with Gasteiger partial charge in [0.2, 0.25) is 0 Å². The van der Waals surface area contributed by atoms with E-state index in [1.54, 1.807) is 18.5 Å². The number of imidazole rings is 1. The minimum absolute atomic E-state index is 0.428. The van der Waals surface area contributed by atoms with Crippen molar-refractivity contribution < 1.29 is 20.1 Å². The van der Waals surface area contributed by atoms with E-state index in [0.717, 1.165) is 0 Å². The highest BCUT2D eigenvalue weighted by molar-refractivity contribution is 5.82. The summed E-state index contributed by atoms with van der Waals surface area (Å²) >= 11 is 0. The van der Waals surface area contributed by atoms with E-state index in [9.17, 15) is 15.3 Å². The van der Waals surface area contributed by atoms with E-state index in [1.165, 1.54) is 26.5 Å². The summed E-state index contributed by atoms with van der Waals surface area (Å²) in [6.07, 6.45) is 1.90. The average Bonchev–Trinajstić information content (AvgIpc) is 3.00. The first kappa shape index (κ1) is 16.1. The average molecular weight is 323 g/mol. The molecular formula is C14H21N5O4. The maximum absolute atomic E-state index is 11.0. The molecule has 9 nitrogen and oxygen atoms in total. The number of rotatable bonds is 3. The number of nitrogens with zero attached hydrogens (tertiary/aromatic N) is 4. The van der Waals surface area contributed by atoms with Crippen LogP contribution in [-0.2, 0) is 10.5 Å². The summed E-state index contributed by atoms with van der Waals surface area (Å²) in [6, 6.07) is 0. The summed E-state index contributed by atoms with van der Waals surface area (Å²) in [5.74, 6) is 0.542. The number of aromatic nitrogens is 4. The van der Waals surface area contributed by atoms with E-state index in [-0.39, 0.29) is 0 Å². The third kappa shape index (κ3) is 1.84. The molecule has 1 aliphatic rings. The molecule has 23 heavy (non-hydrogen) atoms. The quantitative estimate of drug-likeness (QED) is 0.592. The number of fused-ring (bicyclic) bond motifs is 1. The van der Waals surface area contributed by atoms with E-state index < -0.39 is 29.6 Å². The summed E-state index contributed by atoms with van der Waals surface area (Å²) in [7, 11) is 1.72. The van der Waals surface area contributed by atoms with Gasteiger partial charge >= 0.3 is 0 Å². The molecule has 0 spiro atoms. The van der Waals surface area contributed by atoms with Crippen molar-refractivity contribution in [3.05, 3.63) is 12.7 Å². The van der Waals surface area contributed by atoms with Crippen LogP contribution in [0.25, 0.3) is 11.2 Å². The van der Waals surface area contributed by atoms with E-state index >= 15 is 0 Å². The topological polar surface area (TPSA) is 126 Å². The zero-order valence-electron chi connectivity index (χ0n) is 13.5. The number of hydrogen-bond donors (Lipinski definition) is 4. The van der Waals surface area contributed by atoms with Crippen LogP contribution in [0.5, 0.6) is 0 Å². The predicted molar refractivity (Wildman–Crippen MR) is 81.7 cm³/mol. The fourth-order valence-corrected chi connectivity index (χ4v) is 3.13. The summed E-state index contributed by atoms with van der Waals surface area (Å²) in [5.41, 5.74) is -3.78. The van der Waals surface area contributed by atoms with Gasteiger partial charge in [0.05, 0.1) is 12.9 Å². The second-order valence-electron chi connectivity index (χ2n) is 6.25. The van der Waals surface area contributed by atoms with E-state index in [1.807, 2.05) is 0 Å². The molecule has 2 aromatic heterocycles. The highest BCUT2D eigenvalue weighted by Crippen LogP contribution is 2.49. The lowest BCUT2D eigenvalue weighted by Crippen LogP contribution is -2.60. The smallest absolute Gasteiger partial charge is 0.176 e. The Hall–Kier alpha value is -1.81. The van der Waals surface area contributed by atoms with Gasteiger partial charge in [-0.25, -0.2) is 15.0 Å². The van der Waals surface area contributed by atoms with Crippen LogP contribution in [0.2, 0.25) is 0 Å². The second kappa shape index (κ2) is 4.84. The van der Waals surface area contributed by atoms with Gasteiger partial charge in [0.15, 0.2) is 22.7 Å². The van der Waals surface area contributed by atoms with E-state index in [2.05, 4.69) is 20.3 Å². The summed E-state index contributed by atoms with van der Waals surface area (Å²) < 4.78 is 7.40. The molecule has 0 unspecified atom stereocenters. The maximum Gasteiger partial charge on any atom is 0.176 e. The second-order valence-corrected chi connectivity index (χ2v) is 6.25. The molecule has 1 aliphatic heterocycles. The molecule has 3 heterocycles. The van der Waals surface area contributed by atoms with Crippen LogP contribution < -0.4 is 5.32 Å². The van der Waals surface area contributed by atoms with Crippen LogP contribution in [0.1, 0.15) is 20.8 Å². The predicted octanol–water partition coefficient (Wildman–Crippen LogP) is -0.566. The molecular weight excluding hydrogens is 302 g/mol. The van der Waals surface area contributed by atoms with Gasteiger partial charge in [-0.15, -0.1) is 0 Å². The first-order valence-electron chi connectivity index (χ1n) is 7.30. The fourth-order valence-electron chi connectivity index (χ4n) is 3.13. The molecule has 0 amide bonds. The molecule has 3 rings (SSSR count). The number of anilines is 1. The van der Waals surface area contributed by atoms with Gasteiger partial charge in [0.1, 0.15) is 23.6 Å². The van der Waals surface area contributed by atoms with Gasteiger partial charge in [-0.1, -0.05) is 0 Å².